The maximum atomic E-state index is 10.2. The zero-order chi connectivity index (χ0) is 21.4. The van der Waals surface area contributed by atoms with Crippen molar-refractivity contribution in [1.29, 1.82) is 0 Å². The molecule has 0 amide bonds. The van der Waals surface area contributed by atoms with E-state index in [0.717, 1.165) is 0 Å². The molecule has 8 heteroatoms. The van der Waals surface area contributed by atoms with Crippen LogP contribution in [0.4, 0.5) is 0 Å². The van der Waals surface area contributed by atoms with Gasteiger partial charge < -0.3 is 38.8 Å². The van der Waals surface area contributed by atoms with E-state index in [1.54, 1.807) is 0 Å². The number of fused-ring (bicyclic) bond motifs is 3. The van der Waals surface area contributed by atoms with Crippen molar-refractivity contribution in [1.82, 2.24) is 5.32 Å². The van der Waals surface area contributed by atoms with Crippen LogP contribution in [-0.2, 0) is 35.0 Å². The van der Waals surface area contributed by atoms with Gasteiger partial charge in [-0.15, -0.1) is 0 Å². The Morgan fingerprint density at radius 3 is 2.40 bits per heavy atom. The summed E-state index contributed by atoms with van der Waals surface area (Å²) in [5.41, 5.74) is 1.17. The number of benzene rings is 1. The first-order chi connectivity index (χ1) is 14.2. The summed E-state index contributed by atoms with van der Waals surface area (Å²) in [4.78, 5) is 0. The number of aliphatic hydroxyl groups excluding tert-OH is 1. The van der Waals surface area contributed by atoms with Crippen LogP contribution in [-0.4, -0.2) is 73.2 Å². The number of hydrogen-bond acceptors (Lipinski definition) is 8. The monoisotopic (exact) mass is 423 g/mol. The number of nitrogens with one attached hydrogen (secondary N) is 1. The Bertz CT molecular complexity index is 698. The number of rotatable bonds is 8. The van der Waals surface area contributed by atoms with Crippen LogP contribution in [0.3, 0.4) is 0 Å². The fourth-order valence-electron chi connectivity index (χ4n) is 4.19. The second-order valence-corrected chi connectivity index (χ2v) is 9.02. The summed E-state index contributed by atoms with van der Waals surface area (Å²) in [6.07, 6.45) is -2.51. The maximum Gasteiger partial charge on any atom is 0.190 e. The van der Waals surface area contributed by atoms with Crippen molar-refractivity contribution in [2.45, 2.75) is 82.6 Å². The molecule has 0 bridgehead atoms. The normalized spacial score (nSPS) is 35.0. The minimum absolute atomic E-state index is 0.195. The first kappa shape index (κ1) is 22.1. The second kappa shape index (κ2) is 8.80. The van der Waals surface area contributed by atoms with Gasteiger partial charge in [0.15, 0.2) is 17.9 Å². The summed E-state index contributed by atoms with van der Waals surface area (Å²) in [5.74, 6) is -1.48. The van der Waals surface area contributed by atoms with Crippen LogP contribution in [0.1, 0.15) is 33.3 Å². The highest BCUT2D eigenvalue weighted by Crippen LogP contribution is 2.44. The fourth-order valence-corrected chi connectivity index (χ4v) is 4.19. The Morgan fingerprint density at radius 1 is 0.967 bits per heavy atom. The van der Waals surface area contributed by atoms with Gasteiger partial charge in [0.25, 0.3) is 0 Å². The molecule has 8 nitrogen and oxygen atoms in total. The third-order valence-electron chi connectivity index (χ3n) is 5.40. The summed E-state index contributed by atoms with van der Waals surface area (Å²) in [6.45, 7) is 9.06. The van der Waals surface area contributed by atoms with Gasteiger partial charge in [-0.3, -0.25) is 0 Å². The van der Waals surface area contributed by atoms with Crippen molar-refractivity contribution in [2.24, 2.45) is 0 Å². The summed E-state index contributed by atoms with van der Waals surface area (Å²) >= 11 is 0. The standard InChI is InChI=1S/C22H33NO7/c1-21(2)27-17-16(26-20-19(18(17)28-21)29-22(3,4)30-20)13-25-12-15(24)11-23-10-14-8-6-5-7-9-14/h5-9,15-20,23-24H,10-13H2,1-4H3/t15?,16-,17+,18+,19-,20-/m1/s1. The smallest absolute Gasteiger partial charge is 0.190 e. The highest BCUT2D eigenvalue weighted by molar-refractivity contribution is 5.14. The van der Waals surface area contributed by atoms with E-state index in [-0.39, 0.29) is 37.6 Å². The Hall–Kier alpha value is -1.10. The summed E-state index contributed by atoms with van der Waals surface area (Å²) in [7, 11) is 0. The molecule has 0 radical (unpaired) electrons. The lowest BCUT2D eigenvalue weighted by Gasteiger charge is -2.37. The molecule has 3 saturated heterocycles. The molecule has 0 spiro atoms. The second-order valence-electron chi connectivity index (χ2n) is 9.02. The lowest BCUT2D eigenvalue weighted by atomic mass is 9.99. The average molecular weight is 424 g/mol. The first-order valence-electron chi connectivity index (χ1n) is 10.6. The van der Waals surface area contributed by atoms with E-state index in [2.05, 4.69) is 5.32 Å². The third kappa shape index (κ3) is 5.20. The molecule has 30 heavy (non-hydrogen) atoms. The van der Waals surface area contributed by atoms with E-state index < -0.39 is 24.0 Å². The average Bonchev–Trinajstić information content (AvgIpc) is 3.17. The quantitative estimate of drug-likeness (QED) is 0.651. The van der Waals surface area contributed by atoms with Gasteiger partial charge in [-0.2, -0.15) is 0 Å². The summed E-state index contributed by atoms with van der Waals surface area (Å²) in [6, 6.07) is 10.1. The van der Waals surface area contributed by atoms with Crippen LogP contribution in [0.25, 0.3) is 0 Å². The van der Waals surface area contributed by atoms with Gasteiger partial charge in [0.2, 0.25) is 0 Å². The SMILES string of the molecule is CC1(C)O[C@H]2[C@@H](O1)[C@@H](COCC(O)CNCc1ccccc1)O[C@@H]1OC(C)(C)O[C@@H]12. The van der Waals surface area contributed by atoms with Gasteiger partial charge in [-0.1, -0.05) is 30.3 Å². The third-order valence-corrected chi connectivity index (χ3v) is 5.40. The number of ether oxygens (including phenoxy) is 6. The van der Waals surface area contributed by atoms with E-state index in [1.165, 1.54) is 5.56 Å². The summed E-state index contributed by atoms with van der Waals surface area (Å²) < 4.78 is 35.9. The van der Waals surface area contributed by atoms with Crippen molar-refractivity contribution >= 4 is 0 Å². The molecule has 3 aliphatic heterocycles. The lowest BCUT2D eigenvalue weighted by molar-refractivity contribution is -0.243. The molecule has 3 fully saturated rings. The Morgan fingerprint density at radius 2 is 1.63 bits per heavy atom. The van der Waals surface area contributed by atoms with Crippen molar-refractivity contribution in [3.63, 3.8) is 0 Å². The molecule has 2 N–H and O–H groups in total. The number of aliphatic hydroxyl groups is 1. The minimum atomic E-state index is -0.744. The molecule has 1 aromatic rings. The number of hydrogen-bond donors (Lipinski definition) is 2. The van der Waals surface area contributed by atoms with Crippen molar-refractivity contribution in [3.05, 3.63) is 35.9 Å². The molecule has 1 aromatic carbocycles. The Balaban J connectivity index is 1.25. The molecule has 6 atom stereocenters. The van der Waals surface area contributed by atoms with Crippen LogP contribution in [0.5, 0.6) is 0 Å². The largest absolute Gasteiger partial charge is 0.389 e. The predicted octanol–water partition coefficient (Wildman–Crippen LogP) is 1.55. The molecule has 168 valence electrons. The van der Waals surface area contributed by atoms with Crippen molar-refractivity contribution in [3.8, 4) is 0 Å². The lowest BCUT2D eigenvalue weighted by Crippen LogP contribution is -2.56. The molecule has 3 heterocycles. The molecule has 0 saturated carbocycles. The van der Waals surface area contributed by atoms with Crippen molar-refractivity contribution in [2.75, 3.05) is 19.8 Å². The van der Waals surface area contributed by atoms with Crippen LogP contribution < -0.4 is 5.32 Å². The molecule has 3 aliphatic rings. The molecule has 0 aromatic heterocycles. The molecular weight excluding hydrogens is 390 g/mol. The highest BCUT2D eigenvalue weighted by Gasteiger charge is 2.60. The van der Waals surface area contributed by atoms with Gasteiger partial charge in [0, 0.05) is 13.1 Å². The van der Waals surface area contributed by atoms with Gasteiger partial charge in [-0.25, -0.2) is 0 Å². The predicted molar refractivity (Wildman–Crippen MR) is 107 cm³/mol. The maximum absolute atomic E-state index is 10.2. The van der Waals surface area contributed by atoms with Gasteiger partial charge in [-0.05, 0) is 33.3 Å². The van der Waals surface area contributed by atoms with Gasteiger partial charge >= 0.3 is 0 Å². The molecule has 0 aliphatic carbocycles. The Kier molecular flexibility index (Phi) is 6.48. The molecule has 1 unspecified atom stereocenters. The molecule has 4 rings (SSSR count). The van der Waals surface area contributed by atoms with E-state index in [0.29, 0.717) is 13.1 Å². The Labute approximate surface area is 177 Å². The van der Waals surface area contributed by atoms with Crippen LogP contribution in [0.15, 0.2) is 30.3 Å². The fraction of sp³-hybridized carbons (Fsp3) is 0.727. The zero-order valence-electron chi connectivity index (χ0n) is 18.1. The topological polar surface area (TPSA) is 87.6 Å². The molecular formula is C22H33NO7. The van der Waals surface area contributed by atoms with E-state index in [9.17, 15) is 5.11 Å². The first-order valence-corrected chi connectivity index (χ1v) is 10.6. The zero-order valence-corrected chi connectivity index (χ0v) is 18.1. The van der Waals surface area contributed by atoms with Crippen LogP contribution in [0.2, 0.25) is 0 Å². The van der Waals surface area contributed by atoms with E-state index in [1.807, 2.05) is 58.0 Å². The van der Waals surface area contributed by atoms with E-state index in [4.69, 9.17) is 28.4 Å². The van der Waals surface area contributed by atoms with Gasteiger partial charge in [0.05, 0.1) is 19.3 Å². The minimum Gasteiger partial charge on any atom is -0.389 e. The van der Waals surface area contributed by atoms with Crippen LogP contribution >= 0.6 is 0 Å². The highest BCUT2D eigenvalue weighted by atomic mass is 16.9. The van der Waals surface area contributed by atoms with Crippen molar-refractivity contribution < 1.29 is 33.5 Å². The van der Waals surface area contributed by atoms with Crippen LogP contribution in [0, 0.1) is 0 Å². The van der Waals surface area contributed by atoms with E-state index >= 15 is 0 Å². The van der Waals surface area contributed by atoms with Gasteiger partial charge in [0.1, 0.15) is 24.4 Å². The summed E-state index contributed by atoms with van der Waals surface area (Å²) in [5, 5.41) is 13.5.